The van der Waals surface area contributed by atoms with Crippen LogP contribution in [0, 0.1) is 6.92 Å². The molecule has 6 heteroatoms. The maximum atomic E-state index is 11.6. The van der Waals surface area contributed by atoms with Crippen molar-refractivity contribution in [3.63, 3.8) is 0 Å². The Kier molecular flexibility index (Phi) is 6.68. The Bertz CT molecular complexity index is 471. The Morgan fingerprint density at radius 1 is 1.10 bits per heavy atom. The molecule has 2 amide bonds. The summed E-state index contributed by atoms with van der Waals surface area (Å²) in [4.78, 5) is 25.1. The highest BCUT2D eigenvalue weighted by Gasteiger charge is 2.09. The maximum Gasteiger partial charge on any atom is 0.257 e. The van der Waals surface area contributed by atoms with Crippen LogP contribution >= 0.6 is 0 Å². The third kappa shape index (κ3) is 6.76. The lowest BCUT2D eigenvalue weighted by Crippen LogP contribution is -2.48. The predicted molar refractivity (Wildman–Crippen MR) is 83.7 cm³/mol. The lowest BCUT2D eigenvalue weighted by molar-refractivity contribution is -0.128. The molecule has 21 heavy (non-hydrogen) atoms. The minimum atomic E-state index is -0.295. The number of carbonyl (C=O) groups excluding carboxylic acids is 2. The van der Waals surface area contributed by atoms with Gasteiger partial charge in [0.15, 0.2) is 0 Å². The molecule has 0 saturated heterocycles. The quantitative estimate of drug-likeness (QED) is 0.681. The first-order valence-corrected chi connectivity index (χ1v) is 6.97. The van der Waals surface area contributed by atoms with Crippen LogP contribution in [0.15, 0.2) is 24.3 Å². The van der Waals surface area contributed by atoms with Gasteiger partial charge in [0, 0.05) is 11.7 Å². The van der Waals surface area contributed by atoms with Crippen LogP contribution in [0.25, 0.3) is 0 Å². The van der Waals surface area contributed by atoms with Crippen molar-refractivity contribution in [1.82, 2.24) is 15.8 Å². The van der Waals surface area contributed by atoms with Gasteiger partial charge >= 0.3 is 0 Å². The van der Waals surface area contributed by atoms with Gasteiger partial charge in [-0.2, -0.15) is 0 Å². The predicted octanol–water partition coefficient (Wildman–Crippen LogP) is 0.895. The van der Waals surface area contributed by atoms with E-state index in [2.05, 4.69) is 16.2 Å². The molecule has 0 spiro atoms. The zero-order chi connectivity index (χ0) is 15.8. The normalized spacial score (nSPS) is 10.6. The van der Waals surface area contributed by atoms with Crippen molar-refractivity contribution < 1.29 is 9.59 Å². The van der Waals surface area contributed by atoms with Gasteiger partial charge in [-0.15, -0.1) is 0 Å². The lowest BCUT2D eigenvalue weighted by Gasteiger charge is -2.20. The minimum absolute atomic E-state index is 0.101. The van der Waals surface area contributed by atoms with Crippen LogP contribution in [-0.2, 0) is 9.59 Å². The number of nitrogens with zero attached hydrogens (tertiary/aromatic N) is 1. The molecule has 1 rings (SSSR count). The van der Waals surface area contributed by atoms with Crippen molar-refractivity contribution in [2.45, 2.75) is 26.8 Å². The van der Waals surface area contributed by atoms with Gasteiger partial charge in [0.2, 0.25) is 0 Å². The molecule has 0 unspecified atom stereocenters. The first-order chi connectivity index (χ1) is 9.88. The Balaban J connectivity index is 2.25. The third-order valence-electron chi connectivity index (χ3n) is 3.12. The maximum absolute atomic E-state index is 11.6. The Hall–Kier alpha value is -2.08. The molecule has 0 bridgehead atoms. The summed E-state index contributed by atoms with van der Waals surface area (Å²) in [6.45, 7) is 6.33. The average molecular weight is 292 g/mol. The van der Waals surface area contributed by atoms with Crippen molar-refractivity contribution >= 4 is 17.5 Å². The topological polar surface area (TPSA) is 73.5 Å². The highest BCUT2D eigenvalue weighted by atomic mass is 16.2. The number of rotatable bonds is 6. The van der Waals surface area contributed by atoms with Gasteiger partial charge < -0.3 is 5.32 Å². The van der Waals surface area contributed by atoms with E-state index in [0.29, 0.717) is 0 Å². The monoisotopic (exact) mass is 292 g/mol. The molecular formula is C15H24N4O2. The second-order valence-corrected chi connectivity index (χ2v) is 5.32. The van der Waals surface area contributed by atoms with Crippen molar-refractivity contribution in [2.24, 2.45) is 0 Å². The molecule has 1 aromatic carbocycles. The first kappa shape index (κ1) is 17.0. The van der Waals surface area contributed by atoms with Gasteiger partial charge in [0.1, 0.15) is 0 Å². The largest absolute Gasteiger partial charge is 0.376 e. The molecule has 0 aliphatic carbocycles. The number of benzene rings is 1. The average Bonchev–Trinajstić information content (AvgIpc) is 2.44. The van der Waals surface area contributed by atoms with Crippen molar-refractivity contribution in [3.05, 3.63) is 29.8 Å². The second-order valence-electron chi connectivity index (χ2n) is 5.32. The van der Waals surface area contributed by atoms with E-state index < -0.39 is 0 Å². The zero-order valence-corrected chi connectivity index (χ0v) is 13.1. The number of amides is 2. The number of hydrazine groups is 1. The molecule has 0 aliphatic heterocycles. The lowest BCUT2D eigenvalue weighted by atomic mass is 10.2. The molecule has 6 nitrogen and oxygen atoms in total. The molecule has 0 radical (unpaired) electrons. The van der Waals surface area contributed by atoms with E-state index in [0.717, 1.165) is 11.3 Å². The van der Waals surface area contributed by atoms with Gasteiger partial charge in [0.05, 0.1) is 13.1 Å². The highest BCUT2D eigenvalue weighted by molar-refractivity contribution is 5.85. The Morgan fingerprint density at radius 2 is 1.67 bits per heavy atom. The fourth-order valence-corrected chi connectivity index (χ4v) is 1.49. The van der Waals surface area contributed by atoms with E-state index in [4.69, 9.17) is 0 Å². The van der Waals surface area contributed by atoms with Crippen molar-refractivity contribution in [3.8, 4) is 0 Å². The van der Waals surface area contributed by atoms with E-state index in [1.54, 1.807) is 0 Å². The summed E-state index contributed by atoms with van der Waals surface area (Å²) in [6.07, 6.45) is 0. The summed E-state index contributed by atoms with van der Waals surface area (Å²) >= 11 is 0. The van der Waals surface area contributed by atoms with Crippen LogP contribution < -0.4 is 16.2 Å². The first-order valence-electron chi connectivity index (χ1n) is 6.97. The van der Waals surface area contributed by atoms with E-state index in [9.17, 15) is 9.59 Å². The molecule has 0 heterocycles. The van der Waals surface area contributed by atoms with Gasteiger partial charge in [-0.05, 0) is 40.0 Å². The molecule has 0 aromatic heterocycles. The minimum Gasteiger partial charge on any atom is -0.376 e. The standard InChI is InChI=1S/C15H24N4O2/c1-11(2)19(4)10-15(21)18-17-14(20)9-16-13-7-5-12(3)6-8-13/h5-8,11,16H,9-10H2,1-4H3,(H,17,20)(H,18,21). The Morgan fingerprint density at radius 3 is 2.24 bits per heavy atom. The molecule has 0 aliphatic rings. The summed E-state index contributed by atoms with van der Waals surface area (Å²) in [5, 5.41) is 2.98. The van der Waals surface area contributed by atoms with Crippen LogP contribution in [-0.4, -0.2) is 42.9 Å². The van der Waals surface area contributed by atoms with Gasteiger partial charge in [-0.1, -0.05) is 17.7 Å². The summed E-state index contributed by atoms with van der Waals surface area (Å²) < 4.78 is 0. The molecule has 0 atom stereocenters. The van der Waals surface area contributed by atoms with E-state index in [-0.39, 0.29) is 30.9 Å². The number of hydrogen-bond acceptors (Lipinski definition) is 4. The molecule has 0 fully saturated rings. The van der Waals surface area contributed by atoms with Gasteiger partial charge in [-0.25, -0.2) is 0 Å². The number of likely N-dealkylation sites (N-methyl/N-ethyl adjacent to an activating group) is 1. The van der Waals surface area contributed by atoms with E-state index in [1.807, 2.05) is 57.0 Å². The molecular weight excluding hydrogens is 268 g/mol. The highest BCUT2D eigenvalue weighted by Crippen LogP contribution is 2.07. The summed E-state index contributed by atoms with van der Waals surface area (Å²) in [6, 6.07) is 8.00. The summed E-state index contributed by atoms with van der Waals surface area (Å²) in [5.41, 5.74) is 6.80. The number of aryl methyl sites for hydroxylation is 1. The number of anilines is 1. The molecule has 0 saturated carbocycles. The number of nitrogens with one attached hydrogen (secondary N) is 3. The van der Waals surface area contributed by atoms with Crippen molar-refractivity contribution in [1.29, 1.82) is 0 Å². The smallest absolute Gasteiger partial charge is 0.257 e. The third-order valence-corrected chi connectivity index (χ3v) is 3.12. The van der Waals surface area contributed by atoms with Gasteiger partial charge in [0.25, 0.3) is 11.8 Å². The number of hydrogen-bond donors (Lipinski definition) is 3. The fourth-order valence-electron chi connectivity index (χ4n) is 1.49. The molecule has 116 valence electrons. The second kappa shape index (κ2) is 8.26. The van der Waals surface area contributed by atoms with Crippen LogP contribution in [0.2, 0.25) is 0 Å². The van der Waals surface area contributed by atoms with E-state index >= 15 is 0 Å². The van der Waals surface area contributed by atoms with E-state index in [1.165, 1.54) is 0 Å². The molecule has 1 aromatic rings. The van der Waals surface area contributed by atoms with Crippen molar-refractivity contribution in [2.75, 3.05) is 25.5 Å². The van der Waals surface area contributed by atoms with Crippen LogP contribution in [0.5, 0.6) is 0 Å². The van der Waals surface area contributed by atoms with Crippen LogP contribution in [0.3, 0.4) is 0 Å². The zero-order valence-electron chi connectivity index (χ0n) is 13.1. The Labute approximate surface area is 125 Å². The fraction of sp³-hybridized carbons (Fsp3) is 0.467. The van der Waals surface area contributed by atoms with Crippen LogP contribution in [0.4, 0.5) is 5.69 Å². The summed E-state index contributed by atoms with van der Waals surface area (Å²) in [7, 11) is 1.85. The SMILES string of the molecule is Cc1ccc(NCC(=O)NNC(=O)CN(C)C(C)C)cc1. The van der Waals surface area contributed by atoms with Crippen LogP contribution in [0.1, 0.15) is 19.4 Å². The molecule has 3 N–H and O–H groups in total. The summed E-state index contributed by atoms with van der Waals surface area (Å²) in [5.74, 6) is -0.536. The van der Waals surface area contributed by atoms with Gasteiger partial charge in [-0.3, -0.25) is 25.3 Å². The number of carbonyl (C=O) groups is 2.